The van der Waals surface area contributed by atoms with Crippen molar-refractivity contribution in [3.8, 4) is 0 Å². The first kappa shape index (κ1) is 20.4. The maximum atomic E-state index is 12.3. The van der Waals surface area contributed by atoms with Gasteiger partial charge in [0.25, 0.3) is 0 Å². The van der Waals surface area contributed by atoms with Gasteiger partial charge in [-0.1, -0.05) is 31.0 Å². The molecule has 28 heavy (non-hydrogen) atoms. The number of likely N-dealkylation sites (N-methyl/N-ethyl adjacent to an activating group) is 1. The fourth-order valence-corrected chi connectivity index (χ4v) is 4.29. The number of guanidine groups is 1. The van der Waals surface area contributed by atoms with Gasteiger partial charge in [-0.2, -0.15) is 0 Å². The predicted octanol–water partition coefficient (Wildman–Crippen LogP) is 4.13. The maximum Gasteiger partial charge on any atom is 0.227 e. The first-order valence-electron chi connectivity index (χ1n) is 9.99. The van der Waals surface area contributed by atoms with Crippen LogP contribution in [0.2, 0.25) is 0 Å². The first-order valence-corrected chi connectivity index (χ1v) is 10.9. The second-order valence-corrected chi connectivity index (χ2v) is 8.35. The van der Waals surface area contributed by atoms with E-state index in [0.29, 0.717) is 6.54 Å². The number of rotatable bonds is 7. The summed E-state index contributed by atoms with van der Waals surface area (Å²) >= 11 is 1.79. The van der Waals surface area contributed by atoms with E-state index in [9.17, 15) is 4.79 Å². The van der Waals surface area contributed by atoms with Gasteiger partial charge in [-0.05, 0) is 48.4 Å². The molecule has 5 nitrogen and oxygen atoms in total. The molecule has 1 saturated carbocycles. The topological polar surface area (TPSA) is 56.7 Å². The van der Waals surface area contributed by atoms with Crippen LogP contribution in [-0.2, 0) is 17.8 Å². The Balaban J connectivity index is 1.50. The average Bonchev–Trinajstić information content (AvgIpc) is 3.41. The van der Waals surface area contributed by atoms with Gasteiger partial charge < -0.3 is 15.5 Å². The number of benzene rings is 1. The molecule has 0 saturated heterocycles. The number of carbonyl (C=O) groups is 1. The number of anilines is 1. The van der Waals surface area contributed by atoms with E-state index in [1.165, 1.54) is 17.7 Å². The predicted molar refractivity (Wildman–Crippen MR) is 118 cm³/mol. The lowest BCUT2D eigenvalue weighted by Crippen LogP contribution is -2.39. The molecular formula is C22H30N4OS. The van der Waals surface area contributed by atoms with Crippen molar-refractivity contribution in [2.45, 2.75) is 38.6 Å². The standard InChI is InChI=1S/C22H30N4OS/c1-23-22(26(2)13-12-20-11-6-14-28-20)24-16-17-7-5-10-19(15-17)25-21(27)18-8-3-4-9-18/h5-7,10-11,14-15,18H,3-4,8-9,12-13,16H2,1-2H3,(H,23,24)(H,25,27). The van der Waals surface area contributed by atoms with Crippen LogP contribution in [0, 0.1) is 5.92 Å². The molecule has 0 atom stereocenters. The molecule has 1 aromatic heterocycles. The molecule has 0 radical (unpaired) electrons. The van der Waals surface area contributed by atoms with E-state index in [1.807, 2.05) is 25.2 Å². The Morgan fingerprint density at radius 1 is 1.25 bits per heavy atom. The van der Waals surface area contributed by atoms with Crippen molar-refractivity contribution in [1.82, 2.24) is 10.2 Å². The molecule has 0 unspecified atom stereocenters. The first-order chi connectivity index (χ1) is 13.7. The van der Waals surface area contributed by atoms with Crippen LogP contribution in [0.15, 0.2) is 46.8 Å². The monoisotopic (exact) mass is 398 g/mol. The molecule has 2 N–H and O–H groups in total. The highest BCUT2D eigenvalue weighted by Crippen LogP contribution is 2.26. The van der Waals surface area contributed by atoms with Gasteiger partial charge in [0.1, 0.15) is 0 Å². The molecule has 0 aliphatic heterocycles. The summed E-state index contributed by atoms with van der Waals surface area (Å²) in [6.07, 6.45) is 5.38. The van der Waals surface area contributed by atoms with Gasteiger partial charge in [-0.3, -0.25) is 9.79 Å². The number of hydrogen-bond acceptors (Lipinski definition) is 3. The summed E-state index contributed by atoms with van der Waals surface area (Å²) in [5.41, 5.74) is 1.99. The van der Waals surface area contributed by atoms with Crippen molar-refractivity contribution in [1.29, 1.82) is 0 Å². The van der Waals surface area contributed by atoms with Crippen molar-refractivity contribution >= 4 is 28.9 Å². The fourth-order valence-electron chi connectivity index (χ4n) is 3.60. The average molecular weight is 399 g/mol. The highest BCUT2D eigenvalue weighted by molar-refractivity contribution is 7.09. The van der Waals surface area contributed by atoms with E-state index in [0.717, 1.165) is 43.0 Å². The summed E-state index contributed by atoms with van der Waals surface area (Å²) < 4.78 is 0. The molecule has 150 valence electrons. The summed E-state index contributed by atoms with van der Waals surface area (Å²) in [7, 11) is 3.86. The van der Waals surface area contributed by atoms with E-state index in [2.05, 4.69) is 51.2 Å². The van der Waals surface area contributed by atoms with E-state index in [1.54, 1.807) is 11.3 Å². The van der Waals surface area contributed by atoms with Crippen LogP contribution in [0.4, 0.5) is 5.69 Å². The number of thiophene rings is 1. The van der Waals surface area contributed by atoms with Gasteiger partial charge in [-0.25, -0.2) is 0 Å². The van der Waals surface area contributed by atoms with Gasteiger partial charge in [-0.15, -0.1) is 11.3 Å². The molecule has 1 heterocycles. The van der Waals surface area contributed by atoms with Crippen LogP contribution in [0.25, 0.3) is 0 Å². The summed E-state index contributed by atoms with van der Waals surface area (Å²) in [5, 5.41) is 8.61. The van der Waals surface area contributed by atoms with E-state index >= 15 is 0 Å². The van der Waals surface area contributed by atoms with Crippen LogP contribution in [0.3, 0.4) is 0 Å². The van der Waals surface area contributed by atoms with Gasteiger partial charge >= 0.3 is 0 Å². The van der Waals surface area contributed by atoms with E-state index < -0.39 is 0 Å². The molecule has 2 aromatic rings. The lowest BCUT2D eigenvalue weighted by atomic mass is 10.1. The third-order valence-corrected chi connectivity index (χ3v) is 6.15. The summed E-state index contributed by atoms with van der Waals surface area (Å²) in [5.74, 6) is 1.21. The van der Waals surface area contributed by atoms with Crippen molar-refractivity contribution < 1.29 is 4.79 Å². The molecule has 6 heteroatoms. The smallest absolute Gasteiger partial charge is 0.227 e. The number of nitrogens with one attached hydrogen (secondary N) is 2. The van der Waals surface area contributed by atoms with Gasteiger partial charge in [0.2, 0.25) is 5.91 Å². The highest BCUT2D eigenvalue weighted by atomic mass is 32.1. The second kappa shape index (κ2) is 10.3. The molecule has 1 amide bonds. The van der Waals surface area contributed by atoms with Crippen molar-refractivity contribution in [3.05, 3.63) is 52.2 Å². The zero-order valence-electron chi connectivity index (χ0n) is 16.8. The van der Waals surface area contributed by atoms with Crippen molar-refractivity contribution in [2.24, 2.45) is 10.9 Å². The van der Waals surface area contributed by atoms with Gasteiger partial charge in [0, 0.05) is 43.7 Å². The SMILES string of the molecule is CN=C(NCc1cccc(NC(=O)C2CCCC2)c1)N(C)CCc1cccs1. The molecule has 0 bridgehead atoms. The largest absolute Gasteiger partial charge is 0.352 e. The Bertz CT molecular complexity index is 782. The van der Waals surface area contributed by atoms with Crippen molar-refractivity contribution in [3.63, 3.8) is 0 Å². The minimum absolute atomic E-state index is 0.159. The van der Waals surface area contributed by atoms with Crippen LogP contribution in [0.5, 0.6) is 0 Å². The Labute approximate surface area is 171 Å². The zero-order chi connectivity index (χ0) is 19.8. The Morgan fingerprint density at radius 2 is 2.07 bits per heavy atom. The Hall–Kier alpha value is -2.34. The maximum absolute atomic E-state index is 12.3. The molecule has 1 aliphatic rings. The van der Waals surface area contributed by atoms with E-state index in [-0.39, 0.29) is 11.8 Å². The summed E-state index contributed by atoms with van der Waals surface area (Å²) in [4.78, 5) is 20.3. The van der Waals surface area contributed by atoms with Crippen LogP contribution >= 0.6 is 11.3 Å². The van der Waals surface area contributed by atoms with Crippen LogP contribution in [0.1, 0.15) is 36.1 Å². The lowest BCUT2D eigenvalue weighted by molar-refractivity contribution is -0.119. The normalized spacial score (nSPS) is 14.9. The molecular weight excluding hydrogens is 368 g/mol. The number of carbonyl (C=O) groups excluding carboxylic acids is 1. The fraction of sp³-hybridized carbons (Fsp3) is 0.455. The minimum atomic E-state index is 0.159. The molecule has 1 aromatic carbocycles. The van der Waals surface area contributed by atoms with E-state index in [4.69, 9.17) is 0 Å². The third kappa shape index (κ3) is 5.83. The number of amides is 1. The van der Waals surface area contributed by atoms with Gasteiger partial charge in [0.05, 0.1) is 0 Å². The Kier molecular flexibility index (Phi) is 7.48. The number of nitrogens with zero attached hydrogens (tertiary/aromatic N) is 2. The lowest BCUT2D eigenvalue weighted by Gasteiger charge is -2.22. The van der Waals surface area contributed by atoms with Crippen LogP contribution < -0.4 is 10.6 Å². The number of aliphatic imine (C=N–C) groups is 1. The number of hydrogen-bond donors (Lipinski definition) is 2. The molecule has 0 spiro atoms. The highest BCUT2D eigenvalue weighted by Gasteiger charge is 2.22. The van der Waals surface area contributed by atoms with Crippen LogP contribution in [-0.4, -0.2) is 37.4 Å². The third-order valence-electron chi connectivity index (χ3n) is 5.22. The Morgan fingerprint density at radius 3 is 2.79 bits per heavy atom. The molecule has 1 aliphatic carbocycles. The minimum Gasteiger partial charge on any atom is -0.352 e. The zero-order valence-corrected chi connectivity index (χ0v) is 17.6. The second-order valence-electron chi connectivity index (χ2n) is 7.32. The summed E-state index contributed by atoms with van der Waals surface area (Å²) in [6.45, 7) is 1.58. The molecule has 1 fully saturated rings. The summed E-state index contributed by atoms with van der Waals surface area (Å²) in [6, 6.07) is 12.3. The molecule has 3 rings (SSSR count). The van der Waals surface area contributed by atoms with Gasteiger partial charge in [0.15, 0.2) is 5.96 Å². The van der Waals surface area contributed by atoms with Crippen molar-refractivity contribution in [2.75, 3.05) is 26.0 Å². The quantitative estimate of drug-likeness (QED) is 0.545.